The van der Waals surface area contributed by atoms with Crippen molar-refractivity contribution in [3.63, 3.8) is 0 Å². The van der Waals surface area contributed by atoms with Crippen molar-refractivity contribution in [3.8, 4) is 0 Å². The van der Waals surface area contributed by atoms with Crippen LogP contribution in [0.2, 0.25) is 0 Å². The van der Waals surface area contributed by atoms with E-state index in [1.807, 2.05) is 6.92 Å². The van der Waals surface area contributed by atoms with Crippen molar-refractivity contribution in [2.45, 2.75) is 18.0 Å². The maximum atomic E-state index is 13.5. The molecule has 1 aliphatic heterocycles. The van der Waals surface area contributed by atoms with Crippen LogP contribution in [-0.4, -0.2) is 25.7 Å². The average Bonchev–Trinajstić information content (AvgIpc) is 2.17. The standard InChI is InChI=1S/C10H11FO4S/c1-7-2-4-8(5-3-7)10(16(12,13)14)9(11)6-15-10/h2-5,9H,6H2,1H3,(H,12,13,14). The van der Waals surface area contributed by atoms with Crippen molar-refractivity contribution in [1.82, 2.24) is 0 Å². The van der Waals surface area contributed by atoms with E-state index in [1.54, 1.807) is 12.1 Å². The van der Waals surface area contributed by atoms with Crippen molar-refractivity contribution in [1.29, 1.82) is 0 Å². The first-order chi connectivity index (χ1) is 7.38. The lowest BCUT2D eigenvalue weighted by Crippen LogP contribution is -2.57. The van der Waals surface area contributed by atoms with Gasteiger partial charge in [0.1, 0.15) is 0 Å². The van der Waals surface area contributed by atoms with E-state index in [4.69, 9.17) is 9.29 Å². The summed E-state index contributed by atoms with van der Waals surface area (Å²) in [5.41, 5.74) is 1.02. The summed E-state index contributed by atoms with van der Waals surface area (Å²) in [4.78, 5) is -2.24. The number of rotatable bonds is 2. The van der Waals surface area contributed by atoms with Gasteiger partial charge in [0.05, 0.1) is 6.61 Å². The molecule has 6 heteroatoms. The molecule has 0 bridgehead atoms. The Labute approximate surface area is 92.8 Å². The van der Waals surface area contributed by atoms with Gasteiger partial charge in [-0.05, 0) is 6.92 Å². The number of halogens is 1. The first-order valence-corrected chi connectivity index (χ1v) is 6.14. The summed E-state index contributed by atoms with van der Waals surface area (Å²) in [6.45, 7) is 1.49. The molecule has 0 saturated carbocycles. The Morgan fingerprint density at radius 1 is 1.44 bits per heavy atom. The molecule has 16 heavy (non-hydrogen) atoms. The SMILES string of the molecule is Cc1ccc(C2(S(=O)(=O)O)OCC2F)cc1. The molecular weight excluding hydrogens is 235 g/mol. The van der Waals surface area contributed by atoms with E-state index >= 15 is 0 Å². The molecule has 2 atom stereocenters. The van der Waals surface area contributed by atoms with Gasteiger partial charge >= 0.3 is 10.1 Å². The van der Waals surface area contributed by atoms with Crippen LogP contribution in [0.4, 0.5) is 4.39 Å². The van der Waals surface area contributed by atoms with Crippen LogP contribution < -0.4 is 0 Å². The topological polar surface area (TPSA) is 63.6 Å². The summed E-state index contributed by atoms with van der Waals surface area (Å²) in [5, 5.41) is 0. The lowest BCUT2D eigenvalue weighted by molar-refractivity contribution is -0.166. The predicted octanol–water partition coefficient (Wildman–Crippen LogP) is 1.40. The van der Waals surface area contributed by atoms with Gasteiger partial charge in [-0.3, -0.25) is 4.55 Å². The van der Waals surface area contributed by atoms with E-state index in [9.17, 15) is 12.8 Å². The predicted molar refractivity (Wildman–Crippen MR) is 55.3 cm³/mol. The second-order valence-electron chi connectivity index (χ2n) is 3.79. The van der Waals surface area contributed by atoms with Gasteiger partial charge in [0, 0.05) is 5.56 Å². The zero-order valence-electron chi connectivity index (χ0n) is 8.55. The Morgan fingerprint density at radius 2 is 2.00 bits per heavy atom. The second kappa shape index (κ2) is 3.51. The van der Waals surface area contributed by atoms with Gasteiger partial charge in [0.25, 0.3) is 4.93 Å². The van der Waals surface area contributed by atoms with Crippen LogP contribution in [0, 0.1) is 6.92 Å². The van der Waals surface area contributed by atoms with Crippen molar-refractivity contribution in [3.05, 3.63) is 35.4 Å². The molecule has 88 valence electrons. The minimum Gasteiger partial charge on any atom is -0.347 e. The summed E-state index contributed by atoms with van der Waals surface area (Å²) in [6, 6.07) is 6.15. The minimum atomic E-state index is -4.64. The summed E-state index contributed by atoms with van der Waals surface area (Å²) >= 11 is 0. The third-order valence-electron chi connectivity index (χ3n) is 2.69. The van der Waals surface area contributed by atoms with Crippen LogP contribution in [0.25, 0.3) is 0 Å². The lowest BCUT2D eigenvalue weighted by atomic mass is 9.99. The van der Waals surface area contributed by atoms with E-state index in [0.29, 0.717) is 0 Å². The number of hydrogen-bond donors (Lipinski definition) is 1. The van der Waals surface area contributed by atoms with E-state index in [2.05, 4.69) is 0 Å². The molecule has 1 heterocycles. The fourth-order valence-corrected chi connectivity index (χ4v) is 2.77. The molecule has 0 spiro atoms. The Bertz CT molecular complexity index is 496. The number of benzene rings is 1. The van der Waals surface area contributed by atoms with Crippen LogP contribution in [0.1, 0.15) is 11.1 Å². The molecule has 1 saturated heterocycles. The molecule has 0 amide bonds. The normalized spacial score (nSPS) is 29.8. The van der Waals surface area contributed by atoms with Crippen molar-refractivity contribution in [2.75, 3.05) is 6.61 Å². The fourth-order valence-electron chi connectivity index (χ4n) is 1.73. The molecule has 1 aromatic rings. The molecule has 1 fully saturated rings. The van der Waals surface area contributed by atoms with Gasteiger partial charge in [-0.1, -0.05) is 29.8 Å². The second-order valence-corrected chi connectivity index (χ2v) is 5.34. The average molecular weight is 246 g/mol. The van der Waals surface area contributed by atoms with Crippen LogP contribution >= 0.6 is 0 Å². The summed E-state index contributed by atoms with van der Waals surface area (Å²) in [5.74, 6) is 0. The molecule has 1 N–H and O–H groups in total. The van der Waals surface area contributed by atoms with Gasteiger partial charge in [0.15, 0.2) is 6.17 Å². The monoisotopic (exact) mass is 246 g/mol. The molecule has 2 rings (SSSR count). The smallest absolute Gasteiger partial charge is 0.302 e. The molecule has 4 nitrogen and oxygen atoms in total. The first kappa shape index (κ1) is 11.5. The maximum absolute atomic E-state index is 13.5. The Hall–Kier alpha value is -0.980. The highest BCUT2D eigenvalue weighted by atomic mass is 32.2. The molecule has 0 aromatic heterocycles. The van der Waals surface area contributed by atoms with Gasteiger partial charge in [0.2, 0.25) is 0 Å². The Morgan fingerprint density at radius 3 is 2.31 bits per heavy atom. The Kier molecular flexibility index (Phi) is 2.52. The highest BCUT2D eigenvalue weighted by Crippen LogP contribution is 2.43. The van der Waals surface area contributed by atoms with Crippen LogP contribution in [-0.2, 0) is 19.8 Å². The van der Waals surface area contributed by atoms with Crippen molar-refractivity contribution >= 4 is 10.1 Å². The zero-order chi connectivity index (χ0) is 12.0. The van der Waals surface area contributed by atoms with Gasteiger partial charge in [-0.25, -0.2) is 4.39 Å². The summed E-state index contributed by atoms with van der Waals surface area (Å²) < 4.78 is 49.8. The molecule has 0 radical (unpaired) electrons. The van der Waals surface area contributed by atoms with Crippen molar-refractivity contribution < 1.29 is 22.1 Å². The number of ether oxygens (including phenoxy) is 1. The van der Waals surface area contributed by atoms with Crippen LogP contribution in [0.3, 0.4) is 0 Å². The van der Waals surface area contributed by atoms with Gasteiger partial charge in [-0.2, -0.15) is 8.42 Å². The highest BCUT2D eigenvalue weighted by molar-refractivity contribution is 7.86. The van der Waals surface area contributed by atoms with E-state index in [-0.39, 0.29) is 12.2 Å². The third-order valence-corrected chi connectivity index (χ3v) is 4.07. The number of alkyl halides is 1. The Balaban J connectivity index is 2.54. The largest absolute Gasteiger partial charge is 0.347 e. The summed E-state index contributed by atoms with van der Waals surface area (Å²) in [6.07, 6.45) is -1.75. The minimum absolute atomic E-state index is 0.111. The van der Waals surface area contributed by atoms with E-state index in [0.717, 1.165) is 5.56 Å². The van der Waals surface area contributed by atoms with Gasteiger partial charge < -0.3 is 4.74 Å². The number of hydrogen-bond acceptors (Lipinski definition) is 3. The molecule has 1 aromatic carbocycles. The third kappa shape index (κ3) is 1.45. The van der Waals surface area contributed by atoms with Gasteiger partial charge in [-0.15, -0.1) is 0 Å². The number of aryl methyl sites for hydroxylation is 1. The first-order valence-electron chi connectivity index (χ1n) is 4.70. The summed E-state index contributed by atoms with van der Waals surface area (Å²) in [7, 11) is -4.64. The quantitative estimate of drug-likeness (QED) is 0.801. The molecule has 1 aliphatic rings. The molecular formula is C10H11FO4S. The van der Waals surface area contributed by atoms with Crippen molar-refractivity contribution in [2.24, 2.45) is 0 Å². The van der Waals surface area contributed by atoms with E-state index in [1.165, 1.54) is 12.1 Å². The van der Waals surface area contributed by atoms with Crippen LogP contribution in [0.15, 0.2) is 24.3 Å². The molecule has 0 aliphatic carbocycles. The highest BCUT2D eigenvalue weighted by Gasteiger charge is 2.60. The fraction of sp³-hybridized carbons (Fsp3) is 0.400. The molecule has 2 unspecified atom stereocenters. The lowest BCUT2D eigenvalue weighted by Gasteiger charge is -2.41. The zero-order valence-corrected chi connectivity index (χ0v) is 9.37. The van der Waals surface area contributed by atoms with E-state index < -0.39 is 21.2 Å². The van der Waals surface area contributed by atoms with Crippen LogP contribution in [0.5, 0.6) is 0 Å². The maximum Gasteiger partial charge on any atom is 0.302 e.